The van der Waals surface area contributed by atoms with Crippen LogP contribution in [0, 0.1) is 17.0 Å². The molecule has 0 bridgehead atoms. The number of rotatable bonds is 6. The third kappa shape index (κ3) is 3.76. The molecule has 0 radical (unpaired) electrons. The summed E-state index contributed by atoms with van der Waals surface area (Å²) in [5.41, 5.74) is 1.62. The van der Waals surface area contributed by atoms with Crippen molar-refractivity contribution in [3.8, 4) is 11.5 Å². The lowest BCUT2D eigenvalue weighted by atomic mass is 10.2. The van der Waals surface area contributed by atoms with E-state index >= 15 is 0 Å². The molecule has 0 aliphatic rings. The van der Waals surface area contributed by atoms with Gasteiger partial charge in [0.25, 0.3) is 0 Å². The second-order valence-corrected chi connectivity index (χ2v) is 4.59. The van der Waals surface area contributed by atoms with Gasteiger partial charge in [0.2, 0.25) is 5.75 Å². The van der Waals surface area contributed by atoms with Gasteiger partial charge in [-0.2, -0.15) is 0 Å². The van der Waals surface area contributed by atoms with Crippen molar-refractivity contribution in [2.45, 2.75) is 20.4 Å². The maximum Gasteiger partial charge on any atom is 0.311 e. The van der Waals surface area contributed by atoms with Gasteiger partial charge in [0, 0.05) is 18.8 Å². The van der Waals surface area contributed by atoms with Gasteiger partial charge in [-0.25, -0.2) is 0 Å². The summed E-state index contributed by atoms with van der Waals surface area (Å²) in [5, 5.41) is 14.3. The number of para-hydroxylation sites is 1. The highest BCUT2D eigenvalue weighted by molar-refractivity contribution is 5.53. The maximum atomic E-state index is 11.1. The Hall–Kier alpha value is -2.47. The van der Waals surface area contributed by atoms with Crippen LogP contribution in [0.1, 0.15) is 18.1 Å². The minimum atomic E-state index is -0.446. The molecule has 1 aromatic carbocycles. The van der Waals surface area contributed by atoms with E-state index in [2.05, 4.69) is 10.3 Å². The number of pyridine rings is 1. The molecule has 0 spiro atoms. The summed E-state index contributed by atoms with van der Waals surface area (Å²) in [4.78, 5) is 14.7. The zero-order chi connectivity index (χ0) is 15.2. The molecule has 0 saturated carbocycles. The summed E-state index contributed by atoms with van der Waals surface area (Å²) >= 11 is 0. The summed E-state index contributed by atoms with van der Waals surface area (Å²) < 4.78 is 5.69. The number of hydrogen-bond donors (Lipinski definition) is 1. The number of nitro groups is 1. The van der Waals surface area contributed by atoms with Gasteiger partial charge >= 0.3 is 5.69 Å². The highest BCUT2D eigenvalue weighted by Crippen LogP contribution is 2.34. The molecule has 1 heterocycles. The lowest BCUT2D eigenvalue weighted by Gasteiger charge is -2.10. The normalized spacial score (nSPS) is 10.4. The zero-order valence-corrected chi connectivity index (χ0v) is 12.0. The molecule has 2 rings (SSSR count). The van der Waals surface area contributed by atoms with E-state index < -0.39 is 4.92 Å². The van der Waals surface area contributed by atoms with Gasteiger partial charge in [-0.15, -0.1) is 0 Å². The molecule has 0 fully saturated rings. The van der Waals surface area contributed by atoms with Crippen molar-refractivity contribution in [2.75, 3.05) is 6.54 Å². The van der Waals surface area contributed by atoms with E-state index in [1.807, 2.05) is 13.0 Å². The van der Waals surface area contributed by atoms with Gasteiger partial charge in [0.05, 0.1) is 11.1 Å². The molecule has 6 nitrogen and oxygen atoms in total. The van der Waals surface area contributed by atoms with Crippen molar-refractivity contribution >= 4 is 5.69 Å². The molecule has 21 heavy (non-hydrogen) atoms. The summed E-state index contributed by atoms with van der Waals surface area (Å²) in [7, 11) is 0. The first kappa shape index (κ1) is 14.9. The van der Waals surface area contributed by atoms with Crippen LogP contribution in [0.3, 0.4) is 0 Å². The molecule has 0 saturated heterocycles. The molecule has 0 aliphatic carbocycles. The van der Waals surface area contributed by atoms with Crippen molar-refractivity contribution in [1.29, 1.82) is 0 Å². The fraction of sp³-hybridized carbons (Fsp3) is 0.267. The number of aromatic nitrogens is 1. The van der Waals surface area contributed by atoms with E-state index in [-0.39, 0.29) is 11.4 Å². The monoisotopic (exact) mass is 287 g/mol. The second kappa shape index (κ2) is 6.81. The molecule has 0 aliphatic heterocycles. The summed E-state index contributed by atoms with van der Waals surface area (Å²) in [5.74, 6) is 0.743. The fourth-order valence-corrected chi connectivity index (χ4v) is 1.92. The van der Waals surface area contributed by atoms with Gasteiger partial charge in [-0.05, 0) is 30.7 Å². The molecule has 1 aromatic heterocycles. The van der Waals surface area contributed by atoms with Gasteiger partial charge in [-0.1, -0.05) is 19.1 Å². The van der Waals surface area contributed by atoms with Crippen molar-refractivity contribution in [1.82, 2.24) is 10.3 Å². The number of hydrogen-bond acceptors (Lipinski definition) is 5. The van der Waals surface area contributed by atoms with Crippen LogP contribution in [-0.4, -0.2) is 16.5 Å². The number of nitro benzene ring substituents is 1. The highest BCUT2D eigenvalue weighted by atomic mass is 16.6. The van der Waals surface area contributed by atoms with Gasteiger partial charge in [-0.3, -0.25) is 15.1 Å². The first-order valence-electron chi connectivity index (χ1n) is 6.68. The van der Waals surface area contributed by atoms with Crippen LogP contribution in [0.4, 0.5) is 5.69 Å². The van der Waals surface area contributed by atoms with Crippen LogP contribution < -0.4 is 10.1 Å². The number of nitrogens with one attached hydrogen (secondary N) is 1. The average molecular weight is 287 g/mol. The van der Waals surface area contributed by atoms with E-state index in [9.17, 15) is 10.1 Å². The minimum Gasteiger partial charge on any atom is -0.448 e. The Morgan fingerprint density at radius 1 is 1.38 bits per heavy atom. The van der Waals surface area contributed by atoms with Crippen LogP contribution >= 0.6 is 0 Å². The topological polar surface area (TPSA) is 77.3 Å². The van der Waals surface area contributed by atoms with Crippen LogP contribution in [0.5, 0.6) is 11.5 Å². The SMILES string of the molecule is CCNCc1cncc(Oc2c(C)cccc2[N+](=O)[O-])c1. The number of ether oxygens (including phenoxy) is 1. The third-order valence-electron chi connectivity index (χ3n) is 2.96. The van der Waals surface area contributed by atoms with E-state index in [1.165, 1.54) is 6.07 Å². The zero-order valence-electron chi connectivity index (χ0n) is 12.0. The molecule has 2 aromatic rings. The molecule has 0 unspecified atom stereocenters. The Labute approximate surface area is 122 Å². The van der Waals surface area contributed by atoms with Gasteiger partial charge in [0.1, 0.15) is 5.75 Å². The Balaban J connectivity index is 2.28. The maximum absolute atomic E-state index is 11.1. The molecule has 0 amide bonds. The minimum absolute atomic E-state index is 0.0490. The largest absolute Gasteiger partial charge is 0.448 e. The molecule has 0 atom stereocenters. The number of nitrogens with zero attached hydrogens (tertiary/aromatic N) is 2. The third-order valence-corrected chi connectivity index (χ3v) is 2.96. The average Bonchev–Trinajstić information content (AvgIpc) is 2.47. The van der Waals surface area contributed by atoms with Crippen LogP contribution in [0.15, 0.2) is 36.7 Å². The summed E-state index contributed by atoms with van der Waals surface area (Å²) in [6.45, 7) is 5.33. The molecular weight excluding hydrogens is 270 g/mol. The van der Waals surface area contributed by atoms with E-state index in [0.717, 1.165) is 12.1 Å². The molecule has 110 valence electrons. The lowest BCUT2D eigenvalue weighted by molar-refractivity contribution is -0.385. The van der Waals surface area contributed by atoms with E-state index in [1.54, 1.807) is 31.5 Å². The van der Waals surface area contributed by atoms with E-state index in [4.69, 9.17) is 4.74 Å². The van der Waals surface area contributed by atoms with Crippen molar-refractivity contribution in [2.24, 2.45) is 0 Å². The molecular formula is C15H17N3O3. The summed E-state index contributed by atoms with van der Waals surface area (Å²) in [6, 6.07) is 6.67. The first-order chi connectivity index (χ1) is 10.1. The van der Waals surface area contributed by atoms with Gasteiger partial charge < -0.3 is 10.1 Å². The first-order valence-corrected chi connectivity index (χ1v) is 6.68. The fourth-order valence-electron chi connectivity index (χ4n) is 1.92. The van der Waals surface area contributed by atoms with Crippen molar-refractivity contribution in [3.05, 3.63) is 57.9 Å². The smallest absolute Gasteiger partial charge is 0.311 e. The number of benzene rings is 1. The van der Waals surface area contributed by atoms with Crippen molar-refractivity contribution < 1.29 is 9.66 Å². The molecule has 6 heteroatoms. The second-order valence-electron chi connectivity index (χ2n) is 4.59. The Morgan fingerprint density at radius 2 is 2.19 bits per heavy atom. The lowest BCUT2D eigenvalue weighted by Crippen LogP contribution is -2.11. The van der Waals surface area contributed by atoms with Crippen LogP contribution in [0.2, 0.25) is 0 Å². The predicted molar refractivity (Wildman–Crippen MR) is 79.5 cm³/mol. The Bertz CT molecular complexity index is 644. The highest BCUT2D eigenvalue weighted by Gasteiger charge is 2.17. The number of aryl methyl sites for hydroxylation is 1. The molecule has 1 N–H and O–H groups in total. The van der Waals surface area contributed by atoms with E-state index in [0.29, 0.717) is 17.9 Å². The van der Waals surface area contributed by atoms with Crippen LogP contribution in [-0.2, 0) is 6.54 Å². The van der Waals surface area contributed by atoms with Gasteiger partial charge in [0.15, 0.2) is 0 Å². The summed E-state index contributed by atoms with van der Waals surface area (Å²) in [6.07, 6.45) is 3.29. The Kier molecular flexibility index (Phi) is 4.84. The quantitative estimate of drug-likeness (QED) is 0.652. The predicted octanol–water partition coefficient (Wildman–Crippen LogP) is 3.20. The Morgan fingerprint density at radius 3 is 2.90 bits per heavy atom. The van der Waals surface area contributed by atoms with Crippen LogP contribution in [0.25, 0.3) is 0 Å². The van der Waals surface area contributed by atoms with Crippen molar-refractivity contribution in [3.63, 3.8) is 0 Å². The standard InChI is InChI=1S/C15H17N3O3/c1-3-16-8-12-7-13(10-17-9-12)21-15-11(2)5-4-6-14(15)18(19)20/h4-7,9-10,16H,3,8H2,1-2H3.